The van der Waals surface area contributed by atoms with Gasteiger partial charge in [0.05, 0.1) is 0 Å². The first kappa shape index (κ1) is 34.0. The standard InChI is InChI=1S/C57H46/c1-4-37-34-43-27-15-18-30-46(43)51(37)56-49(48-35(2)33-42-26-14-17-29-45(42)48)36(3)50-55(47-32-31-38-19-13-16-28-44(38)47)53(40-24-11-12-25-40)52(39-20-7-5-8-21-39)54(57(50)56)41-22-9-6-10-23-41/h5-34,40,47-48,51,56H,4H2,1-3H3. The summed E-state index contributed by atoms with van der Waals surface area (Å²) in [6.07, 6.45) is 20.2. The molecule has 0 radical (unpaired) electrons. The average Bonchev–Trinajstić information content (AvgIpc) is 4.10. The topological polar surface area (TPSA) is 0 Å². The molecule has 0 amide bonds. The molecule has 274 valence electrons. The van der Waals surface area contributed by atoms with Gasteiger partial charge in [-0.1, -0.05) is 200 Å². The highest BCUT2D eigenvalue weighted by Crippen LogP contribution is 2.65. The molecule has 0 saturated heterocycles. The maximum Gasteiger partial charge on any atom is 0.0288 e. The van der Waals surface area contributed by atoms with Crippen LogP contribution in [0.4, 0.5) is 0 Å². The van der Waals surface area contributed by atoms with E-state index in [0.717, 1.165) is 6.42 Å². The number of rotatable bonds is 7. The Labute approximate surface area is 337 Å². The van der Waals surface area contributed by atoms with Crippen molar-refractivity contribution in [3.05, 3.63) is 236 Å². The molecule has 0 bridgehead atoms. The Bertz CT molecular complexity index is 2790. The number of benzene rings is 6. The van der Waals surface area contributed by atoms with Crippen LogP contribution in [-0.2, 0) is 0 Å². The molecule has 0 aromatic heterocycles. The smallest absolute Gasteiger partial charge is 0.0288 e. The number of allylic oxidation sites excluding steroid dienone is 9. The third kappa shape index (κ3) is 5.13. The van der Waals surface area contributed by atoms with Crippen LogP contribution in [0.15, 0.2) is 181 Å². The molecule has 6 aromatic rings. The van der Waals surface area contributed by atoms with Crippen LogP contribution in [-0.4, -0.2) is 0 Å². The van der Waals surface area contributed by atoms with Gasteiger partial charge in [0, 0.05) is 29.6 Å². The SMILES string of the molecule is CCC1=Cc2ccccc2C1C1C(C2C(C)=Cc3ccccc32)=C(C)c2c(C3C=Cc4ccccc43)c(C3C=CC=C3)c(-c3ccccc3)c(-c3ccccc3)c21. The third-order valence-corrected chi connectivity index (χ3v) is 13.7. The van der Waals surface area contributed by atoms with Crippen LogP contribution in [0.5, 0.6) is 0 Å². The largest absolute Gasteiger partial charge is 0.0732 e. The summed E-state index contributed by atoms with van der Waals surface area (Å²) in [6, 6.07) is 50.2. The highest BCUT2D eigenvalue weighted by atomic mass is 14.5. The molecule has 0 saturated carbocycles. The molecule has 6 aromatic carbocycles. The van der Waals surface area contributed by atoms with E-state index in [2.05, 4.69) is 203 Å². The van der Waals surface area contributed by atoms with Crippen LogP contribution in [0.3, 0.4) is 0 Å². The van der Waals surface area contributed by atoms with Crippen molar-refractivity contribution in [3.8, 4) is 22.3 Å². The van der Waals surface area contributed by atoms with Crippen molar-refractivity contribution in [2.24, 2.45) is 0 Å². The van der Waals surface area contributed by atoms with E-state index >= 15 is 0 Å². The van der Waals surface area contributed by atoms with Gasteiger partial charge in [-0.25, -0.2) is 0 Å². The van der Waals surface area contributed by atoms with Gasteiger partial charge in [-0.15, -0.1) is 0 Å². The first-order chi connectivity index (χ1) is 28.1. The summed E-state index contributed by atoms with van der Waals surface area (Å²) in [5, 5.41) is 0. The van der Waals surface area contributed by atoms with Gasteiger partial charge in [-0.05, 0) is 109 Å². The van der Waals surface area contributed by atoms with E-state index in [4.69, 9.17) is 0 Å². The highest BCUT2D eigenvalue weighted by Gasteiger charge is 2.48. The van der Waals surface area contributed by atoms with E-state index in [-0.39, 0.29) is 29.6 Å². The van der Waals surface area contributed by atoms with Gasteiger partial charge in [0.15, 0.2) is 0 Å². The van der Waals surface area contributed by atoms with Crippen molar-refractivity contribution in [3.63, 3.8) is 0 Å². The predicted octanol–water partition coefficient (Wildman–Crippen LogP) is 15.1. The Morgan fingerprint density at radius 3 is 1.70 bits per heavy atom. The quantitative estimate of drug-likeness (QED) is 0.153. The normalized spacial score (nSPS) is 21.2. The van der Waals surface area contributed by atoms with Crippen LogP contribution in [0, 0.1) is 0 Å². The third-order valence-electron chi connectivity index (χ3n) is 13.7. The maximum atomic E-state index is 2.52. The van der Waals surface area contributed by atoms with Crippen molar-refractivity contribution in [2.75, 3.05) is 0 Å². The summed E-state index contributed by atoms with van der Waals surface area (Å²) in [5.41, 5.74) is 25.6. The minimum Gasteiger partial charge on any atom is -0.0732 e. The molecule has 0 aliphatic heterocycles. The lowest BCUT2D eigenvalue weighted by molar-refractivity contribution is 0.643. The second kappa shape index (κ2) is 13.5. The molecule has 5 aliphatic carbocycles. The van der Waals surface area contributed by atoms with Crippen molar-refractivity contribution in [2.45, 2.75) is 56.8 Å². The summed E-state index contributed by atoms with van der Waals surface area (Å²) in [6.45, 7) is 7.25. The first-order valence-corrected chi connectivity index (χ1v) is 20.9. The lowest BCUT2D eigenvalue weighted by Crippen LogP contribution is -2.19. The van der Waals surface area contributed by atoms with Gasteiger partial charge in [-0.2, -0.15) is 0 Å². The summed E-state index contributed by atoms with van der Waals surface area (Å²) in [5.74, 6) is 0.823. The van der Waals surface area contributed by atoms with Crippen LogP contribution < -0.4 is 0 Å². The molecular weight excluding hydrogens is 685 g/mol. The van der Waals surface area contributed by atoms with Gasteiger partial charge < -0.3 is 0 Å². The van der Waals surface area contributed by atoms with E-state index in [1.807, 2.05) is 0 Å². The molecule has 0 heterocycles. The Hall–Kier alpha value is -6.24. The number of fused-ring (bicyclic) bond motifs is 4. The Morgan fingerprint density at radius 2 is 1.04 bits per heavy atom. The molecule has 4 atom stereocenters. The van der Waals surface area contributed by atoms with Crippen molar-refractivity contribution < 1.29 is 0 Å². The second-order valence-electron chi connectivity index (χ2n) is 16.5. The zero-order valence-corrected chi connectivity index (χ0v) is 32.9. The highest BCUT2D eigenvalue weighted by molar-refractivity contribution is 5.99. The van der Waals surface area contributed by atoms with Gasteiger partial charge in [-0.3, -0.25) is 0 Å². The van der Waals surface area contributed by atoms with Crippen LogP contribution in [0.25, 0.3) is 46.1 Å². The van der Waals surface area contributed by atoms with Crippen LogP contribution in [0.2, 0.25) is 0 Å². The summed E-state index contributed by atoms with van der Waals surface area (Å²) in [4.78, 5) is 0. The molecular formula is C57H46. The first-order valence-electron chi connectivity index (χ1n) is 20.9. The molecule has 5 aliphatic rings. The molecule has 0 heteroatoms. The van der Waals surface area contributed by atoms with Crippen molar-refractivity contribution >= 4 is 23.8 Å². The average molecular weight is 731 g/mol. The Kier molecular flexibility index (Phi) is 8.04. The van der Waals surface area contributed by atoms with E-state index < -0.39 is 0 Å². The fraction of sp³-hybridized carbons (Fsp3) is 0.158. The fourth-order valence-electron chi connectivity index (χ4n) is 11.4. The molecule has 0 spiro atoms. The lowest BCUT2D eigenvalue weighted by atomic mass is 9.67. The molecule has 0 nitrogen and oxygen atoms in total. The monoisotopic (exact) mass is 730 g/mol. The summed E-state index contributed by atoms with van der Waals surface area (Å²) >= 11 is 0. The van der Waals surface area contributed by atoms with Crippen LogP contribution in [0.1, 0.15) is 112 Å². The van der Waals surface area contributed by atoms with Gasteiger partial charge >= 0.3 is 0 Å². The zero-order valence-electron chi connectivity index (χ0n) is 32.9. The number of hydrogen-bond acceptors (Lipinski definition) is 0. The van der Waals surface area contributed by atoms with E-state index in [9.17, 15) is 0 Å². The van der Waals surface area contributed by atoms with Crippen molar-refractivity contribution in [1.29, 1.82) is 0 Å². The van der Waals surface area contributed by atoms with Gasteiger partial charge in [0.1, 0.15) is 0 Å². The molecule has 11 rings (SSSR count). The summed E-state index contributed by atoms with van der Waals surface area (Å²) in [7, 11) is 0. The number of hydrogen-bond donors (Lipinski definition) is 0. The lowest BCUT2D eigenvalue weighted by Gasteiger charge is -2.35. The maximum absolute atomic E-state index is 2.52. The van der Waals surface area contributed by atoms with Gasteiger partial charge in [0.25, 0.3) is 0 Å². The molecule has 0 N–H and O–H groups in total. The van der Waals surface area contributed by atoms with Crippen LogP contribution >= 0.6 is 0 Å². The van der Waals surface area contributed by atoms with E-state index in [1.54, 1.807) is 5.57 Å². The summed E-state index contributed by atoms with van der Waals surface area (Å²) < 4.78 is 0. The minimum atomic E-state index is 0.124. The molecule has 4 unspecified atom stereocenters. The molecule has 0 fully saturated rings. The zero-order chi connectivity index (χ0) is 38.2. The second-order valence-corrected chi connectivity index (χ2v) is 16.5. The van der Waals surface area contributed by atoms with E-state index in [0.29, 0.717) is 0 Å². The Morgan fingerprint density at radius 1 is 0.474 bits per heavy atom. The molecule has 57 heavy (non-hydrogen) atoms. The van der Waals surface area contributed by atoms with Gasteiger partial charge in [0.2, 0.25) is 0 Å². The van der Waals surface area contributed by atoms with E-state index in [1.165, 1.54) is 94.6 Å². The van der Waals surface area contributed by atoms with Crippen molar-refractivity contribution in [1.82, 2.24) is 0 Å². The minimum absolute atomic E-state index is 0.124. The Balaban J connectivity index is 1.35. The fourth-order valence-corrected chi connectivity index (χ4v) is 11.4. The predicted molar refractivity (Wildman–Crippen MR) is 241 cm³/mol.